The number of benzene rings is 1. The van der Waals surface area contributed by atoms with Crippen molar-refractivity contribution in [2.75, 3.05) is 44.6 Å². The van der Waals surface area contributed by atoms with Crippen molar-refractivity contribution in [2.45, 2.75) is 40.0 Å². The average molecular weight is 399 g/mol. The third kappa shape index (κ3) is 3.63. The number of piperidine rings is 1. The summed E-state index contributed by atoms with van der Waals surface area (Å²) in [6, 6.07) is 7.86. The van der Waals surface area contributed by atoms with Crippen LogP contribution in [0.15, 0.2) is 24.3 Å². The summed E-state index contributed by atoms with van der Waals surface area (Å²) >= 11 is 0. The van der Waals surface area contributed by atoms with Crippen molar-refractivity contribution < 1.29 is 9.59 Å². The first kappa shape index (κ1) is 20.2. The SMILES string of the molecule is Cc1cccc(NC(=O)N2CCC3(CC2)CN(CC(C)C)CC32CCNC2=O)c1. The second-order valence-electron chi connectivity index (χ2n) is 9.72. The smallest absolute Gasteiger partial charge is 0.321 e. The number of amides is 3. The third-order valence-electron chi connectivity index (χ3n) is 7.21. The summed E-state index contributed by atoms with van der Waals surface area (Å²) in [5.74, 6) is 0.827. The average Bonchev–Trinajstić information content (AvgIpc) is 3.16. The van der Waals surface area contributed by atoms with Crippen molar-refractivity contribution in [3.8, 4) is 0 Å². The molecule has 2 N–H and O–H groups in total. The topological polar surface area (TPSA) is 64.7 Å². The highest BCUT2D eigenvalue weighted by atomic mass is 16.2. The number of carbonyl (C=O) groups excluding carboxylic acids is 2. The maximum absolute atomic E-state index is 13.0. The minimum absolute atomic E-state index is 0.0113. The molecule has 0 aliphatic carbocycles. The van der Waals surface area contributed by atoms with E-state index in [0.29, 0.717) is 19.0 Å². The Morgan fingerprint density at radius 1 is 1.21 bits per heavy atom. The maximum Gasteiger partial charge on any atom is 0.321 e. The van der Waals surface area contributed by atoms with Crippen LogP contribution in [0.25, 0.3) is 0 Å². The number of likely N-dealkylation sites (tertiary alicyclic amines) is 2. The van der Waals surface area contributed by atoms with Crippen molar-refractivity contribution in [3.05, 3.63) is 29.8 Å². The lowest BCUT2D eigenvalue weighted by Crippen LogP contribution is -2.53. The highest BCUT2D eigenvalue weighted by Crippen LogP contribution is 2.56. The highest BCUT2D eigenvalue weighted by molar-refractivity contribution is 5.90. The molecule has 6 heteroatoms. The van der Waals surface area contributed by atoms with E-state index in [4.69, 9.17) is 0 Å². The van der Waals surface area contributed by atoms with Crippen LogP contribution in [0.2, 0.25) is 0 Å². The lowest BCUT2D eigenvalue weighted by atomic mass is 9.60. The molecule has 3 aliphatic rings. The highest BCUT2D eigenvalue weighted by Gasteiger charge is 2.63. The molecule has 1 aromatic carbocycles. The molecular formula is C23H34N4O2. The summed E-state index contributed by atoms with van der Waals surface area (Å²) in [4.78, 5) is 30.2. The zero-order chi connectivity index (χ0) is 20.6. The molecule has 1 unspecified atom stereocenters. The maximum atomic E-state index is 13.0. The molecule has 158 valence electrons. The Balaban J connectivity index is 1.46. The van der Waals surface area contributed by atoms with Gasteiger partial charge in [0, 0.05) is 50.4 Å². The van der Waals surface area contributed by atoms with Crippen LogP contribution in [0.1, 0.15) is 38.7 Å². The van der Waals surface area contributed by atoms with Gasteiger partial charge in [-0.1, -0.05) is 26.0 Å². The number of carbonyl (C=O) groups is 2. The van der Waals surface area contributed by atoms with Gasteiger partial charge in [0.15, 0.2) is 0 Å². The summed E-state index contributed by atoms with van der Waals surface area (Å²) in [6.45, 7) is 11.6. The van der Waals surface area contributed by atoms with Gasteiger partial charge in [-0.2, -0.15) is 0 Å². The van der Waals surface area contributed by atoms with Crippen LogP contribution < -0.4 is 10.6 Å². The number of fused-ring (bicyclic) bond motifs is 1. The first-order valence-corrected chi connectivity index (χ1v) is 11.0. The molecule has 3 fully saturated rings. The fourth-order valence-electron chi connectivity index (χ4n) is 5.86. The lowest BCUT2D eigenvalue weighted by Gasteiger charge is -2.46. The molecule has 6 nitrogen and oxygen atoms in total. The van der Waals surface area contributed by atoms with Crippen molar-refractivity contribution in [2.24, 2.45) is 16.7 Å². The number of hydrogen-bond acceptors (Lipinski definition) is 3. The zero-order valence-electron chi connectivity index (χ0n) is 18.0. The molecule has 4 rings (SSSR count). The number of hydrogen-bond donors (Lipinski definition) is 2. The van der Waals surface area contributed by atoms with Crippen LogP contribution in [-0.2, 0) is 4.79 Å². The number of rotatable bonds is 3. The summed E-state index contributed by atoms with van der Waals surface area (Å²) < 4.78 is 0. The summed E-state index contributed by atoms with van der Waals surface area (Å²) in [6.07, 6.45) is 2.72. The molecule has 0 aromatic heterocycles. The van der Waals surface area contributed by atoms with Gasteiger partial charge in [0.25, 0.3) is 0 Å². The largest absolute Gasteiger partial charge is 0.356 e. The minimum Gasteiger partial charge on any atom is -0.356 e. The van der Waals surface area contributed by atoms with Gasteiger partial charge >= 0.3 is 6.03 Å². The number of nitrogens with one attached hydrogen (secondary N) is 2. The fourth-order valence-corrected chi connectivity index (χ4v) is 5.86. The van der Waals surface area contributed by atoms with Crippen molar-refractivity contribution in [1.82, 2.24) is 15.1 Å². The van der Waals surface area contributed by atoms with E-state index in [1.54, 1.807) is 0 Å². The molecule has 3 heterocycles. The van der Waals surface area contributed by atoms with E-state index in [-0.39, 0.29) is 22.8 Å². The molecule has 0 saturated carbocycles. The van der Waals surface area contributed by atoms with Crippen LogP contribution in [0, 0.1) is 23.7 Å². The monoisotopic (exact) mass is 398 g/mol. The van der Waals surface area contributed by atoms with Crippen LogP contribution in [-0.4, -0.2) is 61.0 Å². The van der Waals surface area contributed by atoms with Gasteiger partial charge in [-0.3, -0.25) is 4.79 Å². The van der Waals surface area contributed by atoms with Crippen molar-refractivity contribution >= 4 is 17.6 Å². The fraction of sp³-hybridized carbons (Fsp3) is 0.652. The molecule has 1 atom stereocenters. The van der Waals surface area contributed by atoms with Crippen LogP contribution in [0.5, 0.6) is 0 Å². The van der Waals surface area contributed by atoms with Gasteiger partial charge in [-0.05, 0) is 49.8 Å². The number of anilines is 1. The minimum atomic E-state index is -0.277. The number of nitrogens with zero attached hydrogens (tertiary/aromatic N) is 2. The van der Waals surface area contributed by atoms with Crippen molar-refractivity contribution in [3.63, 3.8) is 0 Å². The molecule has 3 amide bonds. The van der Waals surface area contributed by atoms with Crippen molar-refractivity contribution in [1.29, 1.82) is 0 Å². The zero-order valence-corrected chi connectivity index (χ0v) is 18.0. The number of urea groups is 1. The van der Waals surface area contributed by atoms with Crippen LogP contribution in [0.4, 0.5) is 10.5 Å². The number of aryl methyl sites for hydroxylation is 1. The van der Waals surface area contributed by atoms with E-state index in [9.17, 15) is 9.59 Å². The Morgan fingerprint density at radius 3 is 2.59 bits per heavy atom. The van der Waals surface area contributed by atoms with E-state index in [1.807, 2.05) is 36.1 Å². The second kappa shape index (κ2) is 7.63. The summed E-state index contributed by atoms with van der Waals surface area (Å²) in [5, 5.41) is 6.14. The summed E-state index contributed by atoms with van der Waals surface area (Å²) in [5.41, 5.74) is 1.68. The van der Waals surface area contributed by atoms with E-state index < -0.39 is 0 Å². The van der Waals surface area contributed by atoms with Gasteiger partial charge in [-0.25, -0.2) is 4.79 Å². The van der Waals surface area contributed by atoms with Gasteiger partial charge < -0.3 is 20.4 Å². The Morgan fingerprint density at radius 2 is 1.97 bits per heavy atom. The van der Waals surface area contributed by atoms with E-state index in [2.05, 4.69) is 29.4 Å². The van der Waals surface area contributed by atoms with E-state index >= 15 is 0 Å². The van der Waals surface area contributed by atoms with Gasteiger partial charge in [0.05, 0.1) is 5.41 Å². The molecule has 3 aliphatic heterocycles. The molecule has 0 bridgehead atoms. The van der Waals surface area contributed by atoms with E-state index in [1.165, 1.54) is 0 Å². The van der Waals surface area contributed by atoms with Gasteiger partial charge in [-0.15, -0.1) is 0 Å². The standard InChI is InChI=1S/C23H34N4O2/c1-17(2)14-26-15-22(23(16-26)7-10-24-20(23)28)8-11-27(12-9-22)21(29)25-19-6-4-5-18(3)13-19/h4-6,13,17H,7-12,14-16H2,1-3H3,(H,24,28)(H,25,29). The Kier molecular flexibility index (Phi) is 5.32. The molecule has 3 saturated heterocycles. The van der Waals surface area contributed by atoms with Gasteiger partial charge in [0.1, 0.15) is 0 Å². The predicted octanol–water partition coefficient (Wildman–Crippen LogP) is 3.09. The summed E-state index contributed by atoms with van der Waals surface area (Å²) in [7, 11) is 0. The quantitative estimate of drug-likeness (QED) is 0.822. The molecule has 0 radical (unpaired) electrons. The normalized spacial score (nSPS) is 26.5. The second-order valence-corrected chi connectivity index (χ2v) is 9.72. The first-order valence-electron chi connectivity index (χ1n) is 11.0. The molecular weight excluding hydrogens is 364 g/mol. The third-order valence-corrected chi connectivity index (χ3v) is 7.21. The van der Waals surface area contributed by atoms with Gasteiger partial charge in [0.2, 0.25) is 5.91 Å². The Hall–Kier alpha value is -2.08. The molecule has 1 aromatic rings. The van der Waals surface area contributed by atoms with Crippen LogP contribution >= 0.6 is 0 Å². The van der Waals surface area contributed by atoms with E-state index in [0.717, 1.165) is 56.7 Å². The van der Waals surface area contributed by atoms with Crippen LogP contribution in [0.3, 0.4) is 0 Å². The first-order chi connectivity index (χ1) is 13.8. The predicted molar refractivity (Wildman–Crippen MR) is 115 cm³/mol. The lowest BCUT2D eigenvalue weighted by molar-refractivity contribution is -0.133. The molecule has 2 spiro atoms. The Bertz CT molecular complexity index is 785. The Labute approximate surface area is 174 Å². The molecule has 29 heavy (non-hydrogen) atoms.